The Balaban J connectivity index is 2.12. The predicted molar refractivity (Wildman–Crippen MR) is 84.0 cm³/mol. The smallest absolute Gasteiger partial charge is 0.241 e. The summed E-state index contributed by atoms with van der Waals surface area (Å²) in [5.74, 6) is 0.1000. The molecule has 0 aromatic heterocycles. The Morgan fingerprint density at radius 3 is 2.20 bits per heavy atom. The third-order valence-corrected chi connectivity index (χ3v) is 4.58. The Labute approximate surface area is 122 Å². The van der Waals surface area contributed by atoms with Crippen LogP contribution >= 0.6 is 0 Å². The van der Waals surface area contributed by atoms with Crippen LogP contribution in [-0.2, 0) is 4.79 Å². The van der Waals surface area contributed by atoms with E-state index in [9.17, 15) is 4.79 Å². The van der Waals surface area contributed by atoms with E-state index in [1.54, 1.807) is 0 Å². The first-order valence-electron chi connectivity index (χ1n) is 7.56. The van der Waals surface area contributed by atoms with E-state index < -0.39 is 0 Å². The number of anilines is 1. The Bertz CT molecular complexity index is 468. The number of hydrogen-bond acceptors (Lipinski definition) is 2. The molecule has 1 N–H and O–H groups in total. The van der Waals surface area contributed by atoms with Crippen molar-refractivity contribution >= 4 is 11.6 Å². The van der Waals surface area contributed by atoms with Gasteiger partial charge in [-0.2, -0.15) is 0 Å². The molecule has 3 unspecified atom stereocenters. The van der Waals surface area contributed by atoms with Crippen LogP contribution in [0.25, 0.3) is 0 Å². The zero-order valence-electron chi connectivity index (χ0n) is 13.2. The van der Waals surface area contributed by atoms with Gasteiger partial charge in [-0.3, -0.25) is 9.69 Å². The molecule has 2 rings (SSSR count). The number of nitrogens with one attached hydrogen (secondary N) is 1. The zero-order chi connectivity index (χ0) is 14.9. The van der Waals surface area contributed by atoms with Crippen LogP contribution < -0.4 is 5.32 Å². The molecule has 0 saturated carbocycles. The number of likely N-dealkylation sites (tertiary alicyclic amines) is 1. The number of carbonyl (C=O) groups excluding carboxylic acids is 1. The van der Waals surface area contributed by atoms with Gasteiger partial charge in [-0.1, -0.05) is 18.2 Å². The highest BCUT2D eigenvalue weighted by atomic mass is 16.2. The monoisotopic (exact) mass is 274 g/mol. The minimum absolute atomic E-state index is 0.0819. The molecular weight excluding hydrogens is 248 g/mol. The molecule has 1 aliphatic rings. The molecule has 3 nitrogen and oxygen atoms in total. The van der Waals surface area contributed by atoms with Crippen molar-refractivity contribution in [2.75, 3.05) is 5.32 Å². The summed E-state index contributed by atoms with van der Waals surface area (Å²) in [6, 6.07) is 6.99. The van der Waals surface area contributed by atoms with Crippen molar-refractivity contribution in [3.05, 3.63) is 29.3 Å². The second-order valence-electron chi connectivity index (χ2n) is 6.15. The SMILES string of the molecule is Cc1cccc(C)c1NC(=O)C(C)N1C(C)CCC1C. The number of nitrogens with zero attached hydrogens (tertiary/aromatic N) is 1. The summed E-state index contributed by atoms with van der Waals surface area (Å²) >= 11 is 0. The van der Waals surface area contributed by atoms with Crippen LogP contribution in [0.3, 0.4) is 0 Å². The highest BCUT2D eigenvalue weighted by Crippen LogP contribution is 2.27. The van der Waals surface area contributed by atoms with Crippen LogP contribution in [0.5, 0.6) is 0 Å². The fraction of sp³-hybridized carbons (Fsp3) is 0.588. The number of carbonyl (C=O) groups is 1. The number of benzene rings is 1. The summed E-state index contributed by atoms with van der Waals surface area (Å²) in [4.78, 5) is 14.9. The highest BCUT2D eigenvalue weighted by Gasteiger charge is 2.34. The van der Waals surface area contributed by atoms with Gasteiger partial charge in [-0.25, -0.2) is 0 Å². The van der Waals surface area contributed by atoms with Crippen molar-refractivity contribution in [3.63, 3.8) is 0 Å². The van der Waals surface area contributed by atoms with Gasteiger partial charge in [0.1, 0.15) is 0 Å². The number of hydrogen-bond donors (Lipinski definition) is 1. The number of rotatable bonds is 3. The first-order valence-corrected chi connectivity index (χ1v) is 7.56. The maximum Gasteiger partial charge on any atom is 0.241 e. The quantitative estimate of drug-likeness (QED) is 0.915. The Kier molecular flexibility index (Phi) is 4.48. The first-order chi connectivity index (χ1) is 9.41. The molecule has 3 atom stereocenters. The molecule has 20 heavy (non-hydrogen) atoms. The maximum atomic E-state index is 12.5. The molecule has 0 radical (unpaired) electrons. The van der Waals surface area contributed by atoms with Gasteiger partial charge in [0.15, 0.2) is 0 Å². The number of para-hydroxylation sites is 1. The van der Waals surface area contributed by atoms with Crippen molar-refractivity contribution in [3.8, 4) is 0 Å². The predicted octanol–water partition coefficient (Wildman–Crippen LogP) is 3.50. The third kappa shape index (κ3) is 2.88. The Hall–Kier alpha value is -1.35. The van der Waals surface area contributed by atoms with Crippen LogP contribution in [0.4, 0.5) is 5.69 Å². The van der Waals surface area contributed by atoms with Gasteiger partial charge in [0.2, 0.25) is 5.91 Å². The van der Waals surface area contributed by atoms with E-state index in [-0.39, 0.29) is 11.9 Å². The molecule has 0 spiro atoms. The van der Waals surface area contributed by atoms with Crippen molar-refractivity contribution < 1.29 is 4.79 Å². The standard InChI is InChI=1S/C17H26N2O/c1-11-7-6-8-12(2)16(11)18-17(20)15(5)19-13(3)9-10-14(19)4/h6-8,13-15H,9-10H2,1-5H3,(H,18,20). The van der Waals surface area contributed by atoms with E-state index in [1.165, 1.54) is 12.8 Å². The van der Waals surface area contributed by atoms with E-state index >= 15 is 0 Å². The molecule has 1 aromatic rings. The zero-order valence-corrected chi connectivity index (χ0v) is 13.2. The van der Waals surface area contributed by atoms with Crippen molar-refractivity contribution in [2.45, 2.75) is 65.6 Å². The lowest BCUT2D eigenvalue weighted by molar-refractivity contribution is -0.121. The van der Waals surface area contributed by atoms with Crippen LogP contribution in [0.1, 0.15) is 44.7 Å². The van der Waals surface area contributed by atoms with E-state index in [2.05, 4.69) is 24.1 Å². The van der Waals surface area contributed by atoms with Gasteiger partial charge in [0, 0.05) is 17.8 Å². The summed E-state index contributed by atoms with van der Waals surface area (Å²) in [5.41, 5.74) is 3.20. The minimum Gasteiger partial charge on any atom is -0.324 e. The summed E-state index contributed by atoms with van der Waals surface area (Å²) in [7, 11) is 0. The van der Waals surface area contributed by atoms with Gasteiger partial charge in [0.25, 0.3) is 0 Å². The van der Waals surface area contributed by atoms with Gasteiger partial charge in [-0.05, 0) is 58.6 Å². The lowest BCUT2D eigenvalue weighted by Crippen LogP contribution is -2.47. The van der Waals surface area contributed by atoms with E-state index in [0.717, 1.165) is 16.8 Å². The molecule has 1 aromatic carbocycles. The number of aryl methyl sites for hydroxylation is 2. The van der Waals surface area contributed by atoms with E-state index in [4.69, 9.17) is 0 Å². The molecule has 1 fully saturated rings. The fourth-order valence-electron chi connectivity index (χ4n) is 3.35. The molecular formula is C17H26N2O. The maximum absolute atomic E-state index is 12.5. The fourth-order valence-corrected chi connectivity index (χ4v) is 3.35. The summed E-state index contributed by atoms with van der Waals surface area (Å²) in [6.07, 6.45) is 2.37. The third-order valence-electron chi connectivity index (χ3n) is 4.58. The molecule has 1 amide bonds. The second kappa shape index (κ2) is 5.96. The average Bonchev–Trinajstić information content (AvgIpc) is 2.72. The molecule has 1 aliphatic heterocycles. The highest BCUT2D eigenvalue weighted by molar-refractivity contribution is 5.96. The molecule has 0 aliphatic carbocycles. The molecule has 3 heteroatoms. The van der Waals surface area contributed by atoms with Crippen LogP contribution in [0, 0.1) is 13.8 Å². The van der Waals surface area contributed by atoms with Gasteiger partial charge in [0.05, 0.1) is 6.04 Å². The van der Waals surface area contributed by atoms with E-state index in [0.29, 0.717) is 12.1 Å². The van der Waals surface area contributed by atoms with Crippen molar-refractivity contribution in [1.29, 1.82) is 0 Å². The van der Waals surface area contributed by atoms with Crippen molar-refractivity contribution in [2.24, 2.45) is 0 Å². The first kappa shape index (κ1) is 15.0. The summed E-state index contributed by atoms with van der Waals surface area (Å²) in [5, 5.41) is 3.12. The van der Waals surface area contributed by atoms with Gasteiger partial charge >= 0.3 is 0 Å². The molecule has 0 bridgehead atoms. The van der Waals surface area contributed by atoms with Crippen LogP contribution in [-0.4, -0.2) is 28.9 Å². The van der Waals surface area contributed by atoms with Crippen molar-refractivity contribution in [1.82, 2.24) is 4.90 Å². The lowest BCUT2D eigenvalue weighted by atomic mass is 10.1. The largest absolute Gasteiger partial charge is 0.324 e. The number of amides is 1. The second-order valence-corrected chi connectivity index (χ2v) is 6.15. The molecule has 1 heterocycles. The summed E-state index contributed by atoms with van der Waals surface area (Å²) in [6.45, 7) is 10.5. The Morgan fingerprint density at radius 1 is 1.20 bits per heavy atom. The molecule has 110 valence electrons. The van der Waals surface area contributed by atoms with Gasteiger partial charge < -0.3 is 5.32 Å². The normalized spacial score (nSPS) is 24.6. The van der Waals surface area contributed by atoms with Gasteiger partial charge in [-0.15, -0.1) is 0 Å². The minimum atomic E-state index is -0.0819. The average molecular weight is 274 g/mol. The molecule has 1 saturated heterocycles. The summed E-state index contributed by atoms with van der Waals surface area (Å²) < 4.78 is 0. The van der Waals surface area contributed by atoms with Crippen LogP contribution in [0.2, 0.25) is 0 Å². The van der Waals surface area contributed by atoms with E-state index in [1.807, 2.05) is 39.0 Å². The topological polar surface area (TPSA) is 32.3 Å². The lowest BCUT2D eigenvalue weighted by Gasteiger charge is -2.31. The van der Waals surface area contributed by atoms with Crippen LogP contribution in [0.15, 0.2) is 18.2 Å². The Morgan fingerprint density at radius 2 is 1.70 bits per heavy atom.